The Morgan fingerprint density at radius 3 is 1.61 bits per heavy atom. The van der Waals surface area contributed by atoms with Crippen molar-refractivity contribution in [1.29, 1.82) is 0 Å². The average Bonchev–Trinajstić information content (AvgIpc) is 2.64. The fourth-order valence-electron chi connectivity index (χ4n) is 2.70. The average molecular weight is 374 g/mol. The van der Waals surface area contributed by atoms with E-state index in [4.69, 9.17) is 0 Å². The standard InChI is InChI=1S/C25H17F3/c1-18-5-3-7-20(15-18)9-10-22-12-14-23(24(17-22)25(26,27)28)13-11-21-8-4-6-19(2)16-21/h3-8,12,14-17H,1-2H3. The third-order valence-electron chi connectivity index (χ3n) is 4.05. The van der Waals surface area contributed by atoms with Crippen LogP contribution < -0.4 is 0 Å². The summed E-state index contributed by atoms with van der Waals surface area (Å²) in [5.41, 5.74) is 2.95. The highest BCUT2D eigenvalue weighted by Crippen LogP contribution is 2.32. The quantitative estimate of drug-likeness (QED) is 0.416. The molecule has 0 saturated carbocycles. The number of benzene rings is 3. The fraction of sp³-hybridized carbons (Fsp3) is 0.120. The minimum absolute atomic E-state index is 0.0601. The molecule has 3 aromatic carbocycles. The summed E-state index contributed by atoms with van der Waals surface area (Å²) in [6.45, 7) is 3.85. The summed E-state index contributed by atoms with van der Waals surface area (Å²) >= 11 is 0. The van der Waals surface area contributed by atoms with Gasteiger partial charge in [0.25, 0.3) is 0 Å². The molecule has 0 atom stereocenters. The number of alkyl halides is 3. The van der Waals surface area contributed by atoms with Crippen molar-refractivity contribution in [2.24, 2.45) is 0 Å². The Kier molecular flexibility index (Phi) is 5.57. The van der Waals surface area contributed by atoms with Crippen LogP contribution in [-0.2, 0) is 6.18 Å². The molecular formula is C25H17F3. The Labute approximate surface area is 163 Å². The van der Waals surface area contributed by atoms with Crippen LogP contribution in [-0.4, -0.2) is 0 Å². The zero-order chi connectivity index (χ0) is 20.1. The van der Waals surface area contributed by atoms with Gasteiger partial charge in [0, 0.05) is 22.3 Å². The Balaban J connectivity index is 1.98. The van der Waals surface area contributed by atoms with Gasteiger partial charge in [-0.3, -0.25) is 0 Å². The lowest BCUT2D eigenvalue weighted by molar-refractivity contribution is -0.137. The van der Waals surface area contributed by atoms with E-state index in [1.165, 1.54) is 6.07 Å². The maximum absolute atomic E-state index is 13.5. The summed E-state index contributed by atoms with van der Waals surface area (Å²) in [5.74, 6) is 11.2. The molecule has 0 spiro atoms. The lowest BCUT2D eigenvalue weighted by atomic mass is 10.0. The van der Waals surface area contributed by atoms with Gasteiger partial charge in [-0.05, 0) is 67.4 Å². The molecule has 0 aromatic heterocycles. The fourth-order valence-corrected chi connectivity index (χ4v) is 2.70. The van der Waals surface area contributed by atoms with Gasteiger partial charge in [0.15, 0.2) is 0 Å². The lowest BCUT2D eigenvalue weighted by Crippen LogP contribution is -2.08. The van der Waals surface area contributed by atoms with Crippen LogP contribution in [0.1, 0.15) is 38.9 Å². The molecule has 28 heavy (non-hydrogen) atoms. The SMILES string of the molecule is Cc1cccc(C#Cc2ccc(C#Cc3cccc(C)c3)c(C(F)(F)F)c2)c1. The molecule has 138 valence electrons. The van der Waals surface area contributed by atoms with Gasteiger partial charge in [-0.2, -0.15) is 13.2 Å². The second-order valence-corrected chi connectivity index (χ2v) is 6.50. The first-order valence-corrected chi connectivity index (χ1v) is 8.70. The van der Waals surface area contributed by atoms with E-state index in [9.17, 15) is 13.2 Å². The van der Waals surface area contributed by atoms with Crippen LogP contribution in [0.5, 0.6) is 0 Å². The molecule has 3 aromatic rings. The first-order chi connectivity index (χ1) is 13.3. The maximum atomic E-state index is 13.5. The zero-order valence-corrected chi connectivity index (χ0v) is 15.5. The van der Waals surface area contributed by atoms with Gasteiger partial charge in [-0.15, -0.1) is 0 Å². The summed E-state index contributed by atoms with van der Waals surface area (Å²) in [5, 5.41) is 0. The van der Waals surface area contributed by atoms with E-state index in [0.717, 1.165) is 22.8 Å². The van der Waals surface area contributed by atoms with Crippen LogP contribution in [0.3, 0.4) is 0 Å². The second-order valence-electron chi connectivity index (χ2n) is 6.50. The third kappa shape index (κ3) is 5.06. The van der Waals surface area contributed by atoms with Crippen LogP contribution in [0, 0.1) is 37.5 Å². The van der Waals surface area contributed by atoms with Gasteiger partial charge in [-0.25, -0.2) is 0 Å². The van der Waals surface area contributed by atoms with Crippen molar-refractivity contribution in [2.75, 3.05) is 0 Å². The molecule has 0 bridgehead atoms. The maximum Gasteiger partial charge on any atom is 0.417 e. The highest BCUT2D eigenvalue weighted by molar-refractivity contribution is 5.53. The highest BCUT2D eigenvalue weighted by atomic mass is 19.4. The number of hydrogen-bond acceptors (Lipinski definition) is 0. The van der Waals surface area contributed by atoms with Gasteiger partial charge >= 0.3 is 6.18 Å². The van der Waals surface area contributed by atoms with Gasteiger partial charge in [0.2, 0.25) is 0 Å². The number of halogens is 3. The molecule has 3 heteroatoms. The predicted octanol–water partition coefficient (Wildman–Crippen LogP) is 6.12. The number of aryl methyl sites for hydroxylation is 2. The molecule has 0 aliphatic rings. The third-order valence-corrected chi connectivity index (χ3v) is 4.05. The molecule has 0 N–H and O–H groups in total. The van der Waals surface area contributed by atoms with Crippen LogP contribution in [0.15, 0.2) is 66.7 Å². The van der Waals surface area contributed by atoms with E-state index in [1.807, 2.05) is 56.3 Å². The Morgan fingerprint density at radius 1 is 0.607 bits per heavy atom. The van der Waals surface area contributed by atoms with E-state index in [0.29, 0.717) is 11.1 Å². The predicted molar refractivity (Wildman–Crippen MR) is 106 cm³/mol. The van der Waals surface area contributed by atoms with E-state index in [1.54, 1.807) is 12.1 Å². The van der Waals surface area contributed by atoms with Crippen molar-refractivity contribution in [3.8, 4) is 23.7 Å². The molecule has 0 heterocycles. The topological polar surface area (TPSA) is 0 Å². The molecule has 0 aliphatic heterocycles. The van der Waals surface area contributed by atoms with Crippen LogP contribution in [0.25, 0.3) is 0 Å². The molecular weight excluding hydrogens is 357 g/mol. The van der Waals surface area contributed by atoms with Gasteiger partial charge < -0.3 is 0 Å². The van der Waals surface area contributed by atoms with E-state index >= 15 is 0 Å². The Hall–Kier alpha value is -3.43. The molecule has 0 unspecified atom stereocenters. The lowest BCUT2D eigenvalue weighted by Gasteiger charge is -2.09. The van der Waals surface area contributed by atoms with E-state index in [-0.39, 0.29) is 5.56 Å². The summed E-state index contributed by atoms with van der Waals surface area (Å²) in [6.07, 6.45) is -4.50. The van der Waals surface area contributed by atoms with Gasteiger partial charge in [-0.1, -0.05) is 47.9 Å². The van der Waals surface area contributed by atoms with Crippen molar-refractivity contribution in [3.05, 3.63) is 106 Å². The minimum atomic E-state index is -4.50. The smallest absolute Gasteiger partial charge is 0.166 e. The summed E-state index contributed by atoms with van der Waals surface area (Å²) in [7, 11) is 0. The molecule has 0 radical (unpaired) electrons. The van der Waals surface area contributed by atoms with E-state index in [2.05, 4.69) is 23.7 Å². The molecule has 0 amide bonds. The van der Waals surface area contributed by atoms with Gasteiger partial charge in [0.1, 0.15) is 0 Å². The van der Waals surface area contributed by atoms with Crippen molar-refractivity contribution < 1.29 is 13.2 Å². The van der Waals surface area contributed by atoms with Crippen molar-refractivity contribution in [2.45, 2.75) is 20.0 Å². The molecule has 3 rings (SSSR count). The number of rotatable bonds is 0. The number of hydrogen-bond donors (Lipinski definition) is 0. The molecule has 0 nitrogen and oxygen atoms in total. The van der Waals surface area contributed by atoms with Crippen molar-refractivity contribution in [3.63, 3.8) is 0 Å². The monoisotopic (exact) mass is 374 g/mol. The highest BCUT2D eigenvalue weighted by Gasteiger charge is 2.33. The van der Waals surface area contributed by atoms with Crippen LogP contribution in [0.4, 0.5) is 13.2 Å². The second kappa shape index (κ2) is 8.07. The largest absolute Gasteiger partial charge is 0.417 e. The first kappa shape index (κ1) is 19.3. The summed E-state index contributed by atoms with van der Waals surface area (Å²) in [6, 6.07) is 18.9. The molecule has 0 saturated heterocycles. The van der Waals surface area contributed by atoms with Crippen LogP contribution in [0.2, 0.25) is 0 Å². The van der Waals surface area contributed by atoms with Crippen molar-refractivity contribution in [1.82, 2.24) is 0 Å². The van der Waals surface area contributed by atoms with E-state index < -0.39 is 11.7 Å². The molecule has 0 fully saturated rings. The minimum Gasteiger partial charge on any atom is -0.166 e. The Bertz CT molecular complexity index is 1130. The zero-order valence-electron chi connectivity index (χ0n) is 15.5. The first-order valence-electron chi connectivity index (χ1n) is 8.70. The Morgan fingerprint density at radius 2 is 1.11 bits per heavy atom. The summed E-state index contributed by atoms with van der Waals surface area (Å²) in [4.78, 5) is 0. The van der Waals surface area contributed by atoms with Gasteiger partial charge in [0.05, 0.1) is 5.56 Å². The summed E-state index contributed by atoms with van der Waals surface area (Å²) < 4.78 is 40.6. The van der Waals surface area contributed by atoms with Crippen molar-refractivity contribution >= 4 is 0 Å². The molecule has 0 aliphatic carbocycles. The van der Waals surface area contributed by atoms with Crippen LogP contribution >= 0.6 is 0 Å². The normalized spacial score (nSPS) is 10.5.